The van der Waals surface area contributed by atoms with Crippen molar-refractivity contribution in [3.05, 3.63) is 136 Å². The van der Waals surface area contributed by atoms with Crippen LogP contribution in [-0.4, -0.2) is 58.0 Å². The summed E-state index contributed by atoms with van der Waals surface area (Å²) in [5.41, 5.74) is 10.4. The molecule has 3 aliphatic rings. The van der Waals surface area contributed by atoms with Gasteiger partial charge in [-0.2, -0.15) is 10.2 Å². The maximum atomic E-state index is 13.1. The molecule has 12 heteroatoms. The molecule has 1 aliphatic heterocycles. The van der Waals surface area contributed by atoms with E-state index in [4.69, 9.17) is 36.0 Å². The second-order valence-electron chi connectivity index (χ2n) is 20.7. The van der Waals surface area contributed by atoms with Crippen LogP contribution in [0.25, 0.3) is 16.8 Å². The third-order valence-electron chi connectivity index (χ3n) is 15.1. The second kappa shape index (κ2) is 27.7. The van der Waals surface area contributed by atoms with E-state index in [1.165, 1.54) is 93.8 Å². The third-order valence-corrected chi connectivity index (χ3v) is 15.1. The summed E-state index contributed by atoms with van der Waals surface area (Å²) in [6, 6.07) is 22.4. The van der Waals surface area contributed by atoms with Crippen LogP contribution in [0.2, 0.25) is 0 Å². The van der Waals surface area contributed by atoms with E-state index >= 15 is 0 Å². The standard InChI is InChI=1S/C60H81N11O/c1-47-35-42-68(54(61)45-47)39-22-13-9-7-4-8-12-19-29-58(72)69-43-36-50(37-44-69)60-63-38-34-56(65-60)64-57-33-32-53(49-26-17-16-18-27-49)66-71(57)41-24-15-11-6-3-2-5-10-14-23-40-70-55(62)46-51-31-30-48-25-20-21-28-52(48)59(51)67-70/h16-18,20,25-27,32-35,38,42,45-46,50,61-62H,2-15,19,21-24,28-31,36-37,39-41,43-44H2,1H3. The highest BCUT2D eigenvalue weighted by Crippen LogP contribution is 2.35. The number of allylic oxidation sites excluding steroid dienone is 4. The molecular formula is C60H81N11O. The van der Waals surface area contributed by atoms with Gasteiger partial charge in [0.25, 0.3) is 0 Å². The topological polar surface area (TPSA) is 147 Å². The van der Waals surface area contributed by atoms with Gasteiger partial charge in [0.1, 0.15) is 16.8 Å². The summed E-state index contributed by atoms with van der Waals surface area (Å²) in [4.78, 5) is 29.9. The molecule has 0 bridgehead atoms. The summed E-state index contributed by atoms with van der Waals surface area (Å²) in [5, 5.41) is 26.8. The largest absolute Gasteiger partial charge is 0.343 e. The maximum Gasteiger partial charge on any atom is 0.222 e. The van der Waals surface area contributed by atoms with E-state index in [1.807, 2.05) is 46.8 Å². The van der Waals surface area contributed by atoms with Crippen LogP contribution >= 0.6 is 0 Å². The van der Waals surface area contributed by atoms with Gasteiger partial charge in [-0.1, -0.05) is 132 Å². The van der Waals surface area contributed by atoms with Crippen molar-refractivity contribution >= 4 is 17.3 Å². The second-order valence-corrected chi connectivity index (χ2v) is 20.7. The molecule has 4 aromatic heterocycles. The van der Waals surface area contributed by atoms with E-state index in [2.05, 4.69) is 70.3 Å². The number of hydrogen-bond donors (Lipinski definition) is 2. The van der Waals surface area contributed by atoms with Crippen LogP contribution in [0.15, 0.2) is 102 Å². The smallest absolute Gasteiger partial charge is 0.222 e. The molecule has 72 heavy (non-hydrogen) atoms. The van der Waals surface area contributed by atoms with E-state index in [-0.39, 0.29) is 11.8 Å². The third kappa shape index (κ3) is 15.5. The zero-order chi connectivity index (χ0) is 49.7. The van der Waals surface area contributed by atoms with E-state index in [1.54, 1.807) is 0 Å². The summed E-state index contributed by atoms with van der Waals surface area (Å²) >= 11 is 0. The van der Waals surface area contributed by atoms with E-state index in [9.17, 15) is 4.79 Å². The summed E-state index contributed by atoms with van der Waals surface area (Å²) in [5.74, 6) is 1.96. The van der Waals surface area contributed by atoms with Crippen molar-refractivity contribution in [3.63, 3.8) is 0 Å². The van der Waals surface area contributed by atoms with Gasteiger partial charge in [-0.15, -0.1) is 0 Å². The summed E-state index contributed by atoms with van der Waals surface area (Å²) in [6.45, 7) is 6.09. The van der Waals surface area contributed by atoms with Crippen molar-refractivity contribution in [1.29, 1.82) is 10.8 Å². The van der Waals surface area contributed by atoms with Gasteiger partial charge in [0, 0.05) is 69.1 Å². The van der Waals surface area contributed by atoms with Gasteiger partial charge in [-0.25, -0.2) is 24.3 Å². The molecule has 1 amide bonds. The fourth-order valence-electron chi connectivity index (χ4n) is 10.8. The van der Waals surface area contributed by atoms with Crippen molar-refractivity contribution in [2.75, 3.05) is 13.1 Å². The van der Waals surface area contributed by atoms with Crippen LogP contribution in [-0.2, 0) is 30.8 Å². The molecule has 0 atom stereocenters. The molecule has 0 spiro atoms. The molecule has 5 heterocycles. The minimum atomic E-state index is 0.208. The average molecular weight is 972 g/mol. The number of fused-ring (bicyclic) bond motifs is 2. The van der Waals surface area contributed by atoms with Crippen molar-refractivity contribution in [3.8, 4) is 11.3 Å². The lowest BCUT2D eigenvalue weighted by atomic mass is 9.84. The summed E-state index contributed by atoms with van der Waals surface area (Å²) in [6.07, 6.45) is 36.4. The molecule has 382 valence electrons. The zero-order valence-electron chi connectivity index (χ0n) is 43.4. The molecule has 1 saturated heterocycles. The SMILES string of the molecule is Cc1ccn(CCCCCCCCCCC(=O)N2CCC(c3nccc(N=c4ccc(-c5ccccc5)nn4CCCCCCCCCCCCn4nc5c(cc4=N)CCC4=C5CCC=C4)n3)CC2)c(=N)c1. The van der Waals surface area contributed by atoms with Gasteiger partial charge in [0.05, 0.1) is 11.4 Å². The zero-order valence-corrected chi connectivity index (χ0v) is 43.4. The van der Waals surface area contributed by atoms with Crippen molar-refractivity contribution in [1.82, 2.24) is 39.0 Å². The minimum absolute atomic E-state index is 0.208. The van der Waals surface area contributed by atoms with Crippen LogP contribution in [0.4, 0.5) is 5.82 Å². The normalized spacial score (nSPS) is 15.0. The first-order valence-electron chi connectivity index (χ1n) is 27.9. The molecule has 5 aromatic rings. The average Bonchev–Trinajstić information content (AvgIpc) is 3.40. The van der Waals surface area contributed by atoms with Crippen molar-refractivity contribution in [2.45, 2.75) is 193 Å². The molecular weight excluding hydrogens is 891 g/mol. The molecule has 2 N–H and O–H groups in total. The first-order chi connectivity index (χ1) is 35.4. The lowest BCUT2D eigenvalue weighted by Crippen LogP contribution is -2.38. The van der Waals surface area contributed by atoms with E-state index in [0.717, 1.165) is 144 Å². The van der Waals surface area contributed by atoms with Gasteiger partial charge in [0.2, 0.25) is 5.91 Å². The van der Waals surface area contributed by atoms with Crippen molar-refractivity contribution < 1.29 is 4.79 Å². The van der Waals surface area contributed by atoms with Crippen LogP contribution in [0.1, 0.15) is 183 Å². The van der Waals surface area contributed by atoms with Crippen LogP contribution < -0.4 is 16.5 Å². The number of pyridine rings is 1. The molecule has 1 aromatic carbocycles. The van der Waals surface area contributed by atoms with Gasteiger partial charge in [0.15, 0.2) is 11.3 Å². The van der Waals surface area contributed by atoms with Gasteiger partial charge < -0.3 is 9.47 Å². The number of amides is 1. The van der Waals surface area contributed by atoms with E-state index in [0.29, 0.717) is 23.2 Å². The van der Waals surface area contributed by atoms with Gasteiger partial charge in [-0.3, -0.25) is 15.6 Å². The number of aryl methyl sites for hydroxylation is 5. The van der Waals surface area contributed by atoms with Crippen molar-refractivity contribution in [2.24, 2.45) is 4.99 Å². The number of aromatic nitrogens is 7. The predicted octanol–water partition coefficient (Wildman–Crippen LogP) is 12.4. The molecule has 1 fully saturated rings. The number of unbranched alkanes of at least 4 members (excludes halogenated alkanes) is 16. The Bertz CT molecular complexity index is 2770. The van der Waals surface area contributed by atoms with E-state index < -0.39 is 0 Å². The highest BCUT2D eigenvalue weighted by molar-refractivity contribution is 5.76. The fraction of sp³-hybridized carbons (Fsp3) is 0.533. The number of nitrogens with one attached hydrogen (secondary N) is 2. The number of piperidine rings is 1. The van der Waals surface area contributed by atoms with Crippen LogP contribution in [0.3, 0.4) is 0 Å². The van der Waals surface area contributed by atoms with Gasteiger partial charge in [-0.05, 0) is 124 Å². The lowest BCUT2D eigenvalue weighted by Gasteiger charge is -2.31. The monoisotopic (exact) mass is 972 g/mol. The molecule has 0 saturated carbocycles. The summed E-state index contributed by atoms with van der Waals surface area (Å²) in [7, 11) is 0. The minimum Gasteiger partial charge on any atom is -0.343 e. The quantitative estimate of drug-likeness (QED) is 0.0503. The molecule has 0 unspecified atom stereocenters. The predicted molar refractivity (Wildman–Crippen MR) is 288 cm³/mol. The number of rotatable bonds is 27. The number of carbonyl (C=O) groups is 1. The molecule has 2 aliphatic carbocycles. The Morgan fingerprint density at radius 2 is 1.35 bits per heavy atom. The Hall–Kier alpha value is -6.04. The Morgan fingerprint density at radius 1 is 0.681 bits per heavy atom. The lowest BCUT2D eigenvalue weighted by molar-refractivity contribution is -0.132. The number of carbonyl (C=O) groups excluding carboxylic acids is 1. The molecule has 8 rings (SSSR count). The maximum absolute atomic E-state index is 13.1. The number of hydrogen-bond acceptors (Lipinski definition) is 8. The highest BCUT2D eigenvalue weighted by Gasteiger charge is 2.26. The Kier molecular flexibility index (Phi) is 20.1. The highest BCUT2D eigenvalue weighted by atomic mass is 16.2. The Balaban J connectivity index is 0.721. The first kappa shape index (κ1) is 52.3. The Morgan fingerprint density at radius 3 is 2.06 bits per heavy atom. The van der Waals surface area contributed by atoms with Gasteiger partial charge >= 0.3 is 0 Å². The first-order valence-corrected chi connectivity index (χ1v) is 27.9. The Labute approximate surface area is 428 Å². The molecule has 0 radical (unpaired) electrons. The number of likely N-dealkylation sites (tertiary alicyclic amines) is 1. The summed E-state index contributed by atoms with van der Waals surface area (Å²) < 4.78 is 6.03. The number of nitrogens with zero attached hydrogens (tertiary/aromatic N) is 9. The fourth-order valence-corrected chi connectivity index (χ4v) is 10.8. The number of benzene rings is 1. The van der Waals surface area contributed by atoms with Crippen LogP contribution in [0, 0.1) is 17.7 Å². The molecule has 12 nitrogen and oxygen atoms in total. The van der Waals surface area contributed by atoms with Crippen LogP contribution in [0.5, 0.6) is 0 Å².